The van der Waals surface area contributed by atoms with E-state index in [0.29, 0.717) is 11.3 Å². The first kappa shape index (κ1) is 16.5. The molecule has 58 heavy (non-hydrogen) atoms. The summed E-state index contributed by atoms with van der Waals surface area (Å²) in [6.45, 7) is 0. The Morgan fingerprint density at radius 2 is 0.897 bits per heavy atom. The highest BCUT2D eigenvalue weighted by Gasteiger charge is 2.41. The Hall–Kier alpha value is -6.98. The molecule has 0 aliphatic heterocycles. The van der Waals surface area contributed by atoms with E-state index in [1.54, 1.807) is 60.7 Å². The second-order valence-electron chi connectivity index (χ2n) is 13.3. The van der Waals surface area contributed by atoms with Crippen molar-refractivity contribution >= 4 is 104 Å². The first-order valence-corrected chi connectivity index (χ1v) is 20.6. The van der Waals surface area contributed by atoms with Gasteiger partial charge < -0.3 is 9.13 Å². The van der Waals surface area contributed by atoms with Crippen molar-refractivity contribution in [3.05, 3.63) is 218 Å². The van der Waals surface area contributed by atoms with Gasteiger partial charge in [0, 0.05) is 42.7 Å². The lowest BCUT2D eigenvalue weighted by Gasteiger charge is -2.34. The molecular weight excluding hydrogens is 737 g/mol. The van der Waals surface area contributed by atoms with Crippen LogP contribution >= 0.6 is 11.3 Å². The van der Waals surface area contributed by atoms with Gasteiger partial charge in [-0.05, 0) is 63.0 Å². The van der Waals surface area contributed by atoms with Gasteiger partial charge in [-0.2, -0.15) is 0 Å². The molecule has 4 heteroatoms. The summed E-state index contributed by atoms with van der Waals surface area (Å²) in [5.41, 5.74) is -3.21. The number of aromatic nitrogens is 2. The molecule has 0 aliphatic rings. The van der Waals surface area contributed by atoms with Gasteiger partial charge in [-0.15, -0.1) is 11.3 Å². The Labute approximate surface area is 377 Å². The van der Waals surface area contributed by atoms with E-state index in [9.17, 15) is 17.8 Å². The average molecular weight is 799 g/mol. The summed E-state index contributed by atoms with van der Waals surface area (Å²) in [6, 6.07) is -4.53. The van der Waals surface area contributed by atoms with Crippen molar-refractivity contribution in [1.29, 1.82) is 0 Å². The minimum absolute atomic E-state index is 0.222. The predicted molar refractivity (Wildman–Crippen MR) is 252 cm³/mol. The van der Waals surface area contributed by atoms with Crippen molar-refractivity contribution in [3.63, 3.8) is 0 Å². The van der Waals surface area contributed by atoms with Gasteiger partial charge in [0.1, 0.15) is 0 Å². The van der Waals surface area contributed by atoms with Crippen LogP contribution in [0.3, 0.4) is 0 Å². The van der Waals surface area contributed by atoms with E-state index in [0.717, 1.165) is 9.13 Å². The molecule has 0 atom stereocenters. The third-order valence-electron chi connectivity index (χ3n) is 10.4. The molecule has 12 rings (SSSR count). The lowest BCUT2D eigenvalue weighted by atomic mass is 10.1. The quantitative estimate of drug-likeness (QED) is 0.117. The van der Waals surface area contributed by atoms with Crippen molar-refractivity contribution in [1.82, 2.24) is 9.13 Å². The van der Waals surface area contributed by atoms with E-state index >= 15 is 0 Å². The first-order valence-electron chi connectivity index (χ1n) is 30.8. The number of benzene rings is 9. The summed E-state index contributed by atoms with van der Waals surface area (Å²) in [7, 11) is -4.77. The number of para-hydroxylation sites is 3. The van der Waals surface area contributed by atoms with Crippen molar-refractivity contribution in [2.75, 3.05) is 0 Å². The van der Waals surface area contributed by atoms with Gasteiger partial charge in [0.05, 0.1) is 68.1 Å². The molecule has 0 amide bonds. The monoisotopic (exact) mass is 798 g/mol. The third-order valence-corrected chi connectivity index (χ3v) is 15.9. The van der Waals surface area contributed by atoms with E-state index in [4.69, 9.17) is 17.8 Å². The topological polar surface area (TPSA) is 9.86 Å². The van der Waals surface area contributed by atoms with E-state index in [1.165, 1.54) is 0 Å². The number of thiophene rings is 1. The molecule has 3 heterocycles. The van der Waals surface area contributed by atoms with Crippen LogP contribution < -0.4 is 20.7 Å². The molecule has 272 valence electrons. The van der Waals surface area contributed by atoms with E-state index < -0.39 is 225 Å². The molecule has 0 spiro atoms. The second kappa shape index (κ2) is 13.0. The van der Waals surface area contributed by atoms with Gasteiger partial charge in [-0.1, -0.05) is 175 Å². The fraction of sp³-hybridized carbons (Fsp3) is 0. The fourth-order valence-corrected chi connectivity index (χ4v) is 13.3. The molecule has 0 aliphatic carbocycles. The largest absolute Gasteiger partial charge is 0.309 e. The Morgan fingerprint density at radius 3 is 1.50 bits per heavy atom. The molecular formula is C54H36N2SSi. The van der Waals surface area contributed by atoms with E-state index in [2.05, 4.69) is 0 Å². The molecule has 0 fully saturated rings. The minimum atomic E-state index is -4.77. The molecule has 0 bridgehead atoms. The minimum Gasteiger partial charge on any atom is -0.309 e. The number of rotatable bonds is 6. The summed E-state index contributed by atoms with van der Waals surface area (Å²) in [4.78, 5) is 0. The lowest BCUT2D eigenvalue weighted by molar-refractivity contribution is 1.18. The van der Waals surface area contributed by atoms with Crippen LogP contribution in [0.5, 0.6) is 0 Å². The molecule has 0 saturated carbocycles. The Balaban J connectivity index is 1.38. The SMILES string of the molecule is [2H]c1c([2H])c([2H])c([Si](c2ccccc2)(c2ccccc2)c2c([2H])c([2H])c(-n3c4c([2H])c([2H])c([2H])c([2H])c4c4c([2H])c(-n5c6c([2H])c([2H])c([2H])c([2H])c6c6c([2H])c([2H])c([2H])c([2H])c65)c5sc6c([2H])c([2H])c([2H])c([2H])c6c5c43)c([2H])c2[2H])c([2H])c1[2H]. The predicted octanol–water partition coefficient (Wildman–Crippen LogP) is 11.6. The van der Waals surface area contributed by atoms with Crippen LogP contribution in [0.1, 0.15) is 35.6 Å². The molecule has 0 radical (unpaired) electrons. The highest BCUT2D eigenvalue weighted by Crippen LogP contribution is 2.47. The molecule has 9 aromatic carbocycles. The van der Waals surface area contributed by atoms with Gasteiger partial charge >= 0.3 is 0 Å². The van der Waals surface area contributed by atoms with Crippen LogP contribution in [0.4, 0.5) is 0 Å². The second-order valence-corrected chi connectivity index (χ2v) is 17.9. The maximum atomic E-state index is 10.5. The maximum Gasteiger partial charge on any atom is 0.179 e. The zero-order valence-electron chi connectivity index (χ0n) is 55.6. The highest BCUT2D eigenvalue weighted by molar-refractivity contribution is 7.26. The van der Waals surface area contributed by atoms with E-state index in [1.807, 2.05) is 0 Å². The van der Waals surface area contributed by atoms with Crippen LogP contribution in [0.25, 0.3) is 75.2 Å². The molecule has 0 unspecified atom stereocenters. The van der Waals surface area contributed by atoms with Crippen molar-refractivity contribution in [3.8, 4) is 11.4 Å². The summed E-state index contributed by atoms with van der Waals surface area (Å²) in [5.74, 6) is 0. The lowest BCUT2D eigenvalue weighted by Crippen LogP contribution is -2.74. The summed E-state index contributed by atoms with van der Waals surface area (Å²) >= 11 is 0.620. The normalized spacial score (nSPS) is 18.4. The number of fused-ring (bicyclic) bond motifs is 10. The summed E-state index contributed by atoms with van der Waals surface area (Å²) < 4.78 is 244. The molecule has 3 aromatic heterocycles. The number of hydrogen-bond donors (Lipinski definition) is 0. The molecule has 2 nitrogen and oxygen atoms in total. The maximum absolute atomic E-state index is 10.5. The van der Waals surface area contributed by atoms with Crippen molar-refractivity contribution in [2.24, 2.45) is 0 Å². The van der Waals surface area contributed by atoms with Crippen LogP contribution in [0.15, 0.2) is 218 Å². The molecule has 0 N–H and O–H groups in total. The standard InChI is InChI=1S/C54H36N2SSi/c1-4-18-38(19-5-1)58(39-20-6-2-7-21-39,40-22-8-3-9-23-40)41-34-32-37(33-35-41)55-47-28-14-12-26-44(47)46-36-50(54-52(53(46)55)45-27-13-17-31-51(45)57-54)56-48-29-15-10-24-42(48)43-25-11-16-30-49(43)56/h1-36H/i1D,4D,5D,10D,11D,12D,13D,14D,15D,16D,17D,18D,19D,24D,25D,26D,27D,28D,29D,30D,31D,32D,33D,34D,35D,36D. The van der Waals surface area contributed by atoms with Crippen molar-refractivity contribution < 1.29 is 35.6 Å². The van der Waals surface area contributed by atoms with E-state index in [-0.39, 0.29) is 35.7 Å². The number of nitrogens with zero attached hydrogens (tertiary/aromatic N) is 2. The summed E-state index contributed by atoms with van der Waals surface area (Å²) in [6.07, 6.45) is 0. The Kier molecular flexibility index (Phi) is 3.70. The zero-order valence-corrected chi connectivity index (χ0v) is 31.4. The Bertz CT molecular complexity index is 4860. The van der Waals surface area contributed by atoms with Crippen LogP contribution in [-0.2, 0) is 0 Å². The van der Waals surface area contributed by atoms with Gasteiger partial charge in [0.25, 0.3) is 0 Å². The fourth-order valence-electron chi connectivity index (χ4n) is 8.06. The average Bonchev–Trinajstić information content (AvgIpc) is 1.45. The van der Waals surface area contributed by atoms with Crippen LogP contribution in [0.2, 0.25) is 0 Å². The van der Waals surface area contributed by atoms with Crippen LogP contribution in [-0.4, -0.2) is 17.2 Å². The van der Waals surface area contributed by atoms with Gasteiger partial charge in [-0.25, -0.2) is 0 Å². The molecule has 12 aromatic rings. The van der Waals surface area contributed by atoms with Crippen molar-refractivity contribution in [2.45, 2.75) is 0 Å². The third kappa shape index (κ3) is 4.70. The Morgan fingerprint density at radius 1 is 0.414 bits per heavy atom. The summed E-state index contributed by atoms with van der Waals surface area (Å²) in [5, 5.41) is -2.68. The smallest absolute Gasteiger partial charge is 0.179 e. The first-order chi connectivity index (χ1) is 39.6. The van der Waals surface area contributed by atoms with Crippen LogP contribution in [0, 0.1) is 0 Å². The highest BCUT2D eigenvalue weighted by atomic mass is 32.1. The molecule has 0 saturated heterocycles. The number of hydrogen-bond acceptors (Lipinski definition) is 1. The zero-order chi connectivity index (χ0) is 60.8. The van der Waals surface area contributed by atoms with Gasteiger partial charge in [0.15, 0.2) is 8.07 Å². The van der Waals surface area contributed by atoms with Gasteiger partial charge in [-0.3, -0.25) is 0 Å². The van der Waals surface area contributed by atoms with Gasteiger partial charge in [0.2, 0.25) is 0 Å².